The van der Waals surface area contributed by atoms with Crippen LogP contribution in [0, 0.1) is 12.8 Å². The van der Waals surface area contributed by atoms with Crippen LogP contribution in [0.5, 0.6) is 0 Å². The second-order valence-electron chi connectivity index (χ2n) is 9.06. The molecule has 0 saturated heterocycles. The van der Waals surface area contributed by atoms with E-state index in [9.17, 15) is 17.9 Å². The molecule has 37 heavy (non-hydrogen) atoms. The molecule has 4 rings (SSSR count). The lowest BCUT2D eigenvalue weighted by Gasteiger charge is -2.28. The van der Waals surface area contributed by atoms with Crippen molar-refractivity contribution in [1.82, 2.24) is 14.3 Å². The second kappa shape index (κ2) is 11.7. The fraction of sp³-hybridized carbons (Fsp3) is 0.360. The van der Waals surface area contributed by atoms with Crippen LogP contribution in [0.2, 0.25) is 5.02 Å². The van der Waals surface area contributed by atoms with E-state index in [1.54, 1.807) is 18.2 Å². The number of hydrogen-bond donors (Lipinski definition) is 3. The van der Waals surface area contributed by atoms with Crippen LogP contribution in [-0.4, -0.2) is 45.4 Å². The van der Waals surface area contributed by atoms with Gasteiger partial charge in [0.2, 0.25) is 0 Å². The summed E-state index contributed by atoms with van der Waals surface area (Å²) in [4.78, 5) is 8.63. The van der Waals surface area contributed by atoms with Crippen molar-refractivity contribution < 1.29 is 17.9 Å². The number of rotatable bonds is 8. The van der Waals surface area contributed by atoms with Gasteiger partial charge in [0.15, 0.2) is 17.3 Å². The molecule has 2 atom stereocenters. The molecule has 198 valence electrons. The molecule has 4 N–H and O–H groups in total. The van der Waals surface area contributed by atoms with Gasteiger partial charge in [0, 0.05) is 35.8 Å². The molecule has 2 aromatic heterocycles. The molecular formula is C25H28ClFIN5O3S. The lowest BCUT2D eigenvalue weighted by Crippen LogP contribution is -2.34. The molecular weight excluding hydrogens is 632 g/mol. The number of aryl methyl sites for hydroxylation is 1. The first kappa shape index (κ1) is 27.8. The number of amidine groups is 1. The zero-order chi connectivity index (χ0) is 26.7. The Balaban J connectivity index is 1.75. The van der Waals surface area contributed by atoms with E-state index >= 15 is 0 Å². The van der Waals surface area contributed by atoms with Crippen molar-refractivity contribution in [3.63, 3.8) is 0 Å². The van der Waals surface area contributed by atoms with Crippen LogP contribution in [0.4, 0.5) is 4.39 Å². The van der Waals surface area contributed by atoms with Crippen molar-refractivity contribution in [3.05, 3.63) is 70.5 Å². The summed E-state index contributed by atoms with van der Waals surface area (Å²) < 4.78 is 42.8. The highest BCUT2D eigenvalue weighted by Crippen LogP contribution is 2.28. The Morgan fingerprint density at radius 2 is 2.03 bits per heavy atom. The van der Waals surface area contributed by atoms with E-state index in [4.69, 9.17) is 17.3 Å². The number of aliphatic imine (C=N–C) groups is 1. The molecule has 12 heteroatoms. The van der Waals surface area contributed by atoms with Gasteiger partial charge in [-0.2, -0.15) is 0 Å². The minimum atomic E-state index is -4.02. The monoisotopic (exact) mass is 659 g/mol. The summed E-state index contributed by atoms with van der Waals surface area (Å²) in [5, 5.41) is 13.9. The standard InChI is InChI=1S/C25H28ClFIN5O3S/c1-15-6-8-18(9-7-15)37(35,36)33-14-20(19-10-17(26)13-31-25(19)33)23(29)32-24(21(27)11-28)30-12-16-4-2-3-5-22(16)34/h6-10,13-14,16,22,30,34H,2-5,11-12H2,1H3,(H2,29,32)/b24-21+. The first-order valence-electron chi connectivity index (χ1n) is 11.8. The average Bonchev–Trinajstić information content (AvgIpc) is 3.26. The second-order valence-corrected chi connectivity index (χ2v) is 12.1. The van der Waals surface area contributed by atoms with Gasteiger partial charge in [0.25, 0.3) is 10.0 Å². The van der Waals surface area contributed by atoms with Crippen LogP contribution in [0.25, 0.3) is 11.0 Å². The van der Waals surface area contributed by atoms with Crippen molar-refractivity contribution in [2.75, 3.05) is 11.0 Å². The van der Waals surface area contributed by atoms with Crippen molar-refractivity contribution in [3.8, 4) is 0 Å². The van der Waals surface area contributed by atoms with Crippen molar-refractivity contribution >= 4 is 61.1 Å². The molecule has 0 bridgehead atoms. The van der Waals surface area contributed by atoms with Gasteiger partial charge in [-0.25, -0.2) is 26.8 Å². The Kier molecular flexibility index (Phi) is 8.77. The number of nitrogens with one attached hydrogen (secondary N) is 1. The number of allylic oxidation sites excluding steroid dienone is 1. The number of aliphatic hydroxyl groups excluding tert-OH is 1. The summed E-state index contributed by atoms with van der Waals surface area (Å²) >= 11 is 8.06. The first-order valence-corrected chi connectivity index (χ1v) is 15.2. The van der Waals surface area contributed by atoms with Crippen LogP contribution < -0.4 is 11.1 Å². The third-order valence-electron chi connectivity index (χ3n) is 6.44. The Bertz CT molecular complexity index is 1460. The number of nitrogens with two attached hydrogens (primary N) is 1. The van der Waals surface area contributed by atoms with Gasteiger partial charge in [-0.15, -0.1) is 0 Å². The molecule has 8 nitrogen and oxygen atoms in total. The van der Waals surface area contributed by atoms with E-state index in [1.165, 1.54) is 24.5 Å². The van der Waals surface area contributed by atoms with Gasteiger partial charge in [-0.3, -0.25) is 0 Å². The van der Waals surface area contributed by atoms with Gasteiger partial charge in [0.1, 0.15) is 5.84 Å². The lowest BCUT2D eigenvalue weighted by atomic mass is 9.86. The number of aromatic nitrogens is 2. The maximum absolute atomic E-state index is 14.8. The number of nitrogens with zero attached hydrogens (tertiary/aromatic N) is 3. The smallest absolute Gasteiger partial charge is 0.269 e. The van der Waals surface area contributed by atoms with Crippen molar-refractivity contribution in [2.45, 2.75) is 43.6 Å². The van der Waals surface area contributed by atoms with E-state index in [0.717, 1.165) is 28.8 Å². The molecule has 2 unspecified atom stereocenters. The Hall–Kier alpha value is -2.22. The molecule has 0 aliphatic heterocycles. The summed E-state index contributed by atoms with van der Waals surface area (Å²) in [7, 11) is -4.02. The van der Waals surface area contributed by atoms with E-state index in [0.29, 0.717) is 18.4 Å². The van der Waals surface area contributed by atoms with Gasteiger partial charge in [-0.05, 0) is 38.0 Å². The molecule has 1 aliphatic carbocycles. The SMILES string of the molecule is Cc1ccc(S(=O)(=O)n2cc(/C(N)=N/C(NCC3CCCCC3O)=C(/F)CI)c3cc(Cl)cnc32)cc1. The first-order chi connectivity index (χ1) is 17.6. The quantitative estimate of drug-likeness (QED) is 0.140. The molecule has 1 aliphatic rings. The Morgan fingerprint density at radius 3 is 2.70 bits per heavy atom. The number of aliphatic hydroxyl groups is 1. The predicted molar refractivity (Wildman–Crippen MR) is 152 cm³/mol. The molecule has 0 amide bonds. The van der Waals surface area contributed by atoms with E-state index in [2.05, 4.69) is 15.3 Å². The average molecular weight is 660 g/mol. The zero-order valence-corrected chi connectivity index (χ0v) is 23.9. The van der Waals surface area contributed by atoms with E-state index in [-0.39, 0.29) is 43.1 Å². The zero-order valence-electron chi connectivity index (χ0n) is 20.2. The predicted octanol–water partition coefficient (Wildman–Crippen LogP) is 4.65. The molecule has 1 fully saturated rings. The van der Waals surface area contributed by atoms with Crippen LogP contribution in [-0.2, 0) is 10.0 Å². The molecule has 0 spiro atoms. The number of hydrogen-bond acceptors (Lipinski definition) is 6. The summed E-state index contributed by atoms with van der Waals surface area (Å²) in [6, 6.07) is 8.00. The van der Waals surface area contributed by atoms with Gasteiger partial charge in [0.05, 0.1) is 20.4 Å². The topological polar surface area (TPSA) is 123 Å². The molecule has 2 heterocycles. The molecule has 3 aromatic rings. The summed E-state index contributed by atoms with van der Waals surface area (Å²) in [5.74, 6) is -0.687. The van der Waals surface area contributed by atoms with Crippen molar-refractivity contribution in [1.29, 1.82) is 0 Å². The van der Waals surface area contributed by atoms with Crippen LogP contribution in [0.1, 0.15) is 36.8 Å². The Labute approximate surface area is 234 Å². The van der Waals surface area contributed by atoms with Gasteiger partial charge in [-0.1, -0.05) is 64.7 Å². The Morgan fingerprint density at radius 1 is 1.32 bits per heavy atom. The number of benzene rings is 1. The number of pyridine rings is 1. The van der Waals surface area contributed by atoms with E-state index < -0.39 is 22.0 Å². The van der Waals surface area contributed by atoms with Gasteiger partial charge < -0.3 is 16.2 Å². The number of alkyl halides is 1. The summed E-state index contributed by atoms with van der Waals surface area (Å²) in [5.41, 5.74) is 7.62. The lowest BCUT2D eigenvalue weighted by molar-refractivity contribution is 0.0708. The molecule has 0 radical (unpaired) electrons. The largest absolute Gasteiger partial charge is 0.393 e. The highest BCUT2D eigenvalue weighted by molar-refractivity contribution is 14.1. The van der Waals surface area contributed by atoms with Crippen molar-refractivity contribution in [2.24, 2.45) is 16.6 Å². The third-order valence-corrected chi connectivity index (χ3v) is 8.98. The molecule has 1 saturated carbocycles. The van der Waals surface area contributed by atoms with Crippen LogP contribution in [0.15, 0.2) is 64.3 Å². The number of fused-ring (bicyclic) bond motifs is 1. The van der Waals surface area contributed by atoms with E-state index in [1.807, 2.05) is 29.5 Å². The third kappa shape index (κ3) is 6.10. The van der Waals surface area contributed by atoms with Crippen LogP contribution >= 0.6 is 34.2 Å². The maximum Gasteiger partial charge on any atom is 0.269 e. The summed E-state index contributed by atoms with van der Waals surface area (Å²) in [6.07, 6.45) is 5.75. The molecule has 1 aromatic carbocycles. The maximum atomic E-state index is 14.8. The highest BCUT2D eigenvalue weighted by Gasteiger charge is 2.25. The fourth-order valence-electron chi connectivity index (χ4n) is 4.36. The normalized spacial score (nSPS) is 19.6. The van der Waals surface area contributed by atoms with Crippen LogP contribution in [0.3, 0.4) is 0 Å². The fourth-order valence-corrected chi connectivity index (χ4v) is 6.20. The minimum absolute atomic E-state index is 0.0215. The summed E-state index contributed by atoms with van der Waals surface area (Å²) in [6.45, 7) is 2.21. The number of halogens is 3. The van der Waals surface area contributed by atoms with Gasteiger partial charge >= 0.3 is 0 Å². The highest BCUT2D eigenvalue weighted by atomic mass is 127. The minimum Gasteiger partial charge on any atom is -0.393 e.